The van der Waals surface area contributed by atoms with Gasteiger partial charge in [-0.3, -0.25) is 14.9 Å². The molecular formula is C18H29NO5. The number of hydrogen-bond acceptors (Lipinski definition) is 5. The highest BCUT2D eigenvalue weighted by Gasteiger charge is 2.09. The van der Waals surface area contributed by atoms with Crippen molar-refractivity contribution in [2.75, 3.05) is 6.61 Å². The predicted octanol–water partition coefficient (Wildman–Crippen LogP) is 4.52. The number of carbonyl (C=O) groups is 1. The molecule has 136 valence electrons. The van der Waals surface area contributed by atoms with Crippen LogP contribution in [0.2, 0.25) is 0 Å². The number of nitrogens with zero attached hydrogens (tertiary/aromatic N) is 1. The van der Waals surface area contributed by atoms with E-state index >= 15 is 0 Å². The maximum absolute atomic E-state index is 10.2. The van der Waals surface area contributed by atoms with E-state index in [0.29, 0.717) is 19.0 Å². The van der Waals surface area contributed by atoms with Gasteiger partial charge in [-0.25, -0.2) is 0 Å². The van der Waals surface area contributed by atoms with Gasteiger partial charge in [0.1, 0.15) is 0 Å². The summed E-state index contributed by atoms with van der Waals surface area (Å²) in [6.07, 6.45) is 6.65. The molecule has 6 heteroatoms. The SMILES string of the molecule is C=COC(C)CCC.CCCCO.O=Cc1ccccc1[N+](=O)[O-]. The molecule has 1 aromatic carbocycles. The molecule has 1 unspecified atom stereocenters. The first-order chi connectivity index (χ1) is 11.5. The molecule has 0 saturated heterocycles. The third kappa shape index (κ3) is 13.5. The molecule has 0 heterocycles. The second-order valence-corrected chi connectivity index (χ2v) is 4.91. The molecule has 0 bridgehead atoms. The maximum Gasteiger partial charge on any atom is 0.279 e. The van der Waals surface area contributed by atoms with Crippen molar-refractivity contribution >= 4 is 12.0 Å². The zero-order chi connectivity index (χ0) is 18.8. The van der Waals surface area contributed by atoms with Gasteiger partial charge >= 0.3 is 0 Å². The van der Waals surface area contributed by atoms with Crippen molar-refractivity contribution < 1.29 is 19.6 Å². The van der Waals surface area contributed by atoms with Crippen LogP contribution in [0, 0.1) is 10.1 Å². The van der Waals surface area contributed by atoms with Gasteiger partial charge in [-0.1, -0.05) is 45.4 Å². The normalized spacial score (nSPS) is 10.2. The standard InChI is InChI=1S/C7H5NO3.C7H14O.C4H10O/c9-5-6-3-1-2-4-7(6)8(10)11;1-4-6-7(3)8-5-2;1-2-3-4-5/h1-5H;5,7H,2,4,6H2,1,3H3;5H,2-4H2,1H3. The molecule has 1 N–H and O–H groups in total. The lowest BCUT2D eigenvalue weighted by atomic mass is 10.2. The van der Waals surface area contributed by atoms with Crippen LogP contribution in [-0.4, -0.2) is 29.0 Å². The number of nitro groups is 1. The Labute approximate surface area is 144 Å². The van der Waals surface area contributed by atoms with Crippen molar-refractivity contribution in [2.45, 2.75) is 52.6 Å². The highest BCUT2D eigenvalue weighted by atomic mass is 16.6. The minimum Gasteiger partial charge on any atom is -0.499 e. The minimum absolute atomic E-state index is 0.109. The molecule has 1 rings (SSSR count). The summed E-state index contributed by atoms with van der Waals surface area (Å²) in [6.45, 7) is 10.0. The Balaban J connectivity index is 0. The van der Waals surface area contributed by atoms with Gasteiger partial charge in [0.2, 0.25) is 0 Å². The zero-order valence-electron chi connectivity index (χ0n) is 14.8. The summed E-state index contributed by atoms with van der Waals surface area (Å²) in [5.74, 6) is 0. The Bertz CT molecular complexity index is 460. The number of para-hydroxylation sites is 1. The monoisotopic (exact) mass is 339 g/mol. The number of hydrogen-bond donors (Lipinski definition) is 1. The van der Waals surface area contributed by atoms with Crippen LogP contribution >= 0.6 is 0 Å². The molecule has 24 heavy (non-hydrogen) atoms. The average molecular weight is 339 g/mol. The minimum atomic E-state index is -0.580. The first-order valence-electron chi connectivity index (χ1n) is 8.04. The number of rotatable bonds is 8. The fourth-order valence-electron chi connectivity index (χ4n) is 1.55. The summed E-state index contributed by atoms with van der Waals surface area (Å²) < 4.78 is 5.05. The third-order valence-electron chi connectivity index (χ3n) is 2.80. The van der Waals surface area contributed by atoms with E-state index in [2.05, 4.69) is 20.4 Å². The number of nitro benzene ring substituents is 1. The van der Waals surface area contributed by atoms with Crippen LogP contribution in [0.5, 0.6) is 0 Å². The quantitative estimate of drug-likeness (QED) is 0.325. The van der Waals surface area contributed by atoms with Gasteiger partial charge in [-0.05, 0) is 25.8 Å². The second kappa shape index (κ2) is 17.1. The lowest BCUT2D eigenvalue weighted by Crippen LogP contribution is -2.01. The van der Waals surface area contributed by atoms with Gasteiger partial charge in [0.15, 0.2) is 6.29 Å². The van der Waals surface area contributed by atoms with Crippen molar-refractivity contribution in [3.63, 3.8) is 0 Å². The van der Waals surface area contributed by atoms with Crippen molar-refractivity contribution in [3.05, 3.63) is 52.8 Å². The van der Waals surface area contributed by atoms with Crippen LogP contribution in [0.3, 0.4) is 0 Å². The van der Waals surface area contributed by atoms with Crippen molar-refractivity contribution in [3.8, 4) is 0 Å². The van der Waals surface area contributed by atoms with E-state index in [9.17, 15) is 14.9 Å². The molecule has 6 nitrogen and oxygen atoms in total. The molecule has 0 fully saturated rings. The highest BCUT2D eigenvalue weighted by Crippen LogP contribution is 2.14. The van der Waals surface area contributed by atoms with Crippen LogP contribution in [0.25, 0.3) is 0 Å². The fraction of sp³-hybridized carbons (Fsp3) is 0.500. The van der Waals surface area contributed by atoms with Gasteiger partial charge in [0, 0.05) is 12.7 Å². The van der Waals surface area contributed by atoms with E-state index in [1.165, 1.54) is 30.9 Å². The van der Waals surface area contributed by atoms with Gasteiger partial charge in [0.25, 0.3) is 5.69 Å². The smallest absolute Gasteiger partial charge is 0.279 e. The van der Waals surface area contributed by atoms with E-state index < -0.39 is 4.92 Å². The number of carbonyl (C=O) groups excluding carboxylic acids is 1. The lowest BCUT2D eigenvalue weighted by molar-refractivity contribution is -0.385. The summed E-state index contributed by atoms with van der Waals surface area (Å²) in [4.78, 5) is 19.9. The molecule has 0 aliphatic heterocycles. The summed E-state index contributed by atoms with van der Waals surface area (Å²) in [6, 6.07) is 5.80. The molecular weight excluding hydrogens is 310 g/mol. The van der Waals surface area contributed by atoms with Crippen LogP contribution in [0.4, 0.5) is 5.69 Å². The van der Waals surface area contributed by atoms with Crippen LogP contribution in [-0.2, 0) is 4.74 Å². The molecule has 1 atom stereocenters. The molecule has 0 aliphatic rings. The lowest BCUT2D eigenvalue weighted by Gasteiger charge is -2.07. The van der Waals surface area contributed by atoms with Crippen LogP contribution < -0.4 is 0 Å². The van der Waals surface area contributed by atoms with Crippen molar-refractivity contribution in [2.24, 2.45) is 0 Å². The molecule has 0 aromatic heterocycles. The number of ether oxygens (including phenoxy) is 1. The van der Waals surface area contributed by atoms with Gasteiger partial charge in [-0.2, -0.15) is 0 Å². The summed E-state index contributed by atoms with van der Waals surface area (Å²) in [5, 5.41) is 18.3. The molecule has 0 saturated carbocycles. The highest BCUT2D eigenvalue weighted by molar-refractivity contribution is 5.81. The van der Waals surface area contributed by atoms with Crippen molar-refractivity contribution in [1.29, 1.82) is 0 Å². The summed E-state index contributed by atoms with van der Waals surface area (Å²) in [7, 11) is 0. The predicted molar refractivity (Wildman–Crippen MR) is 96.1 cm³/mol. The van der Waals surface area contributed by atoms with Gasteiger partial charge in [-0.15, -0.1) is 0 Å². The first-order valence-corrected chi connectivity index (χ1v) is 8.04. The molecule has 0 radical (unpaired) electrons. The van der Waals surface area contributed by atoms with E-state index in [1.807, 2.05) is 6.92 Å². The van der Waals surface area contributed by atoms with Gasteiger partial charge < -0.3 is 9.84 Å². The molecule has 1 aromatic rings. The topological polar surface area (TPSA) is 89.7 Å². The molecule has 0 amide bonds. The van der Waals surface area contributed by atoms with E-state index in [-0.39, 0.29) is 11.3 Å². The average Bonchev–Trinajstić information content (AvgIpc) is 2.57. The maximum atomic E-state index is 10.2. The van der Waals surface area contributed by atoms with E-state index in [0.717, 1.165) is 19.3 Å². The molecule has 0 spiro atoms. The zero-order valence-corrected chi connectivity index (χ0v) is 14.8. The van der Waals surface area contributed by atoms with E-state index in [1.54, 1.807) is 6.07 Å². The van der Waals surface area contributed by atoms with E-state index in [4.69, 9.17) is 9.84 Å². The van der Waals surface area contributed by atoms with Crippen LogP contribution in [0.15, 0.2) is 37.1 Å². The largest absolute Gasteiger partial charge is 0.499 e. The second-order valence-electron chi connectivity index (χ2n) is 4.91. The number of benzene rings is 1. The van der Waals surface area contributed by atoms with Gasteiger partial charge in [0.05, 0.1) is 22.9 Å². The Morgan fingerprint density at radius 3 is 2.29 bits per heavy atom. The Morgan fingerprint density at radius 1 is 1.33 bits per heavy atom. The Hall–Kier alpha value is -2.21. The third-order valence-corrected chi connectivity index (χ3v) is 2.80. The number of aliphatic hydroxyl groups excluding tert-OH is 1. The number of aldehydes is 1. The van der Waals surface area contributed by atoms with Crippen LogP contribution in [0.1, 0.15) is 56.8 Å². The first kappa shape index (κ1) is 24.0. The van der Waals surface area contributed by atoms with Crippen molar-refractivity contribution in [1.82, 2.24) is 0 Å². The Morgan fingerprint density at radius 2 is 1.96 bits per heavy atom. The summed E-state index contributed by atoms with van der Waals surface area (Å²) >= 11 is 0. The fourth-order valence-corrected chi connectivity index (χ4v) is 1.55. The summed E-state index contributed by atoms with van der Waals surface area (Å²) in [5.41, 5.74) is -0.0417. The molecule has 0 aliphatic carbocycles. The number of aliphatic hydroxyl groups is 1. The Kier molecular flexibility index (Phi) is 17.2. The number of unbranched alkanes of at least 4 members (excludes halogenated alkanes) is 1.